The summed E-state index contributed by atoms with van der Waals surface area (Å²) >= 11 is 8.58. The first-order valence-electron chi connectivity index (χ1n) is 5.23. The molecule has 1 rings (SSSR count). The Morgan fingerprint density at radius 1 is 1.50 bits per heavy atom. The van der Waals surface area contributed by atoms with E-state index < -0.39 is 0 Å². The minimum Gasteiger partial charge on any atom is -0.389 e. The van der Waals surface area contributed by atoms with Crippen LogP contribution in [0.2, 0.25) is 0 Å². The van der Waals surface area contributed by atoms with Crippen LogP contribution >= 0.6 is 28.1 Å². The number of anilines is 1. The first-order chi connectivity index (χ1) is 7.43. The van der Waals surface area contributed by atoms with E-state index in [-0.39, 0.29) is 0 Å². The molecule has 88 valence electrons. The van der Waals surface area contributed by atoms with Crippen LogP contribution in [0.1, 0.15) is 19.4 Å². The second-order valence-corrected chi connectivity index (χ2v) is 5.57. The number of nitrogens with two attached hydrogens (primary N) is 1. The van der Waals surface area contributed by atoms with E-state index in [0.29, 0.717) is 10.9 Å². The van der Waals surface area contributed by atoms with Gasteiger partial charge in [-0.15, -0.1) is 0 Å². The predicted molar refractivity (Wildman–Crippen MR) is 78.1 cm³/mol. The molecule has 0 aliphatic heterocycles. The fourth-order valence-electron chi connectivity index (χ4n) is 1.72. The van der Waals surface area contributed by atoms with Crippen molar-refractivity contribution in [3.63, 3.8) is 0 Å². The van der Waals surface area contributed by atoms with Crippen molar-refractivity contribution >= 4 is 38.8 Å². The molecular formula is C12H17BrN2S. The van der Waals surface area contributed by atoms with Crippen LogP contribution in [0.15, 0.2) is 22.7 Å². The van der Waals surface area contributed by atoms with Crippen LogP contribution in [0, 0.1) is 5.92 Å². The molecule has 1 aromatic rings. The van der Waals surface area contributed by atoms with E-state index in [0.717, 1.165) is 22.3 Å². The van der Waals surface area contributed by atoms with Crippen molar-refractivity contribution in [3.8, 4) is 0 Å². The van der Waals surface area contributed by atoms with Crippen LogP contribution in [0.3, 0.4) is 0 Å². The molecule has 0 saturated carbocycles. The van der Waals surface area contributed by atoms with Crippen molar-refractivity contribution in [3.05, 3.63) is 28.2 Å². The highest BCUT2D eigenvalue weighted by molar-refractivity contribution is 9.10. The zero-order chi connectivity index (χ0) is 12.3. The molecule has 0 bridgehead atoms. The van der Waals surface area contributed by atoms with Gasteiger partial charge in [-0.1, -0.05) is 32.1 Å². The van der Waals surface area contributed by atoms with Gasteiger partial charge in [-0.05, 0) is 34.0 Å². The monoisotopic (exact) mass is 300 g/mol. The Bertz CT molecular complexity index is 391. The summed E-state index contributed by atoms with van der Waals surface area (Å²) in [5.74, 6) is 0.600. The maximum atomic E-state index is 5.76. The number of benzene rings is 1. The molecule has 0 radical (unpaired) electrons. The molecule has 0 amide bonds. The molecule has 0 aromatic heterocycles. The normalized spacial score (nSPS) is 10.6. The highest BCUT2D eigenvalue weighted by Gasteiger charge is 2.13. The van der Waals surface area contributed by atoms with Crippen LogP contribution in [0.5, 0.6) is 0 Å². The Balaban J connectivity index is 3.12. The summed E-state index contributed by atoms with van der Waals surface area (Å²) in [7, 11) is 2.06. The Morgan fingerprint density at radius 3 is 2.62 bits per heavy atom. The van der Waals surface area contributed by atoms with Crippen LogP contribution < -0.4 is 10.6 Å². The predicted octanol–water partition coefficient (Wildman–Crippen LogP) is 3.18. The smallest absolute Gasteiger partial charge is 0.107 e. The molecule has 0 aliphatic carbocycles. The van der Waals surface area contributed by atoms with E-state index in [1.54, 1.807) is 0 Å². The first kappa shape index (κ1) is 13.5. The van der Waals surface area contributed by atoms with Gasteiger partial charge in [0, 0.05) is 29.3 Å². The van der Waals surface area contributed by atoms with Gasteiger partial charge in [0.05, 0.1) is 0 Å². The molecule has 2 nitrogen and oxygen atoms in total. The minimum absolute atomic E-state index is 0.429. The third kappa shape index (κ3) is 3.19. The molecule has 0 saturated heterocycles. The Kier molecular flexibility index (Phi) is 4.74. The van der Waals surface area contributed by atoms with Gasteiger partial charge in [-0.25, -0.2) is 0 Å². The third-order valence-corrected chi connectivity index (χ3v) is 3.15. The lowest BCUT2D eigenvalue weighted by atomic mass is 10.1. The fourth-order valence-corrected chi connectivity index (χ4v) is 2.64. The molecule has 0 atom stereocenters. The van der Waals surface area contributed by atoms with Crippen molar-refractivity contribution in [1.82, 2.24) is 0 Å². The number of nitrogens with zero attached hydrogens (tertiary/aromatic N) is 1. The standard InChI is InChI=1S/C12H17BrN2S/c1-8(2)7-15(3)10-6-4-5-9(13)11(10)12(14)16/h4-6,8H,7H2,1-3H3,(H2,14,16). The van der Waals surface area contributed by atoms with Gasteiger partial charge in [0.15, 0.2) is 0 Å². The SMILES string of the molecule is CC(C)CN(C)c1cccc(Br)c1C(N)=S. The van der Waals surface area contributed by atoms with Crippen LogP contribution in [-0.2, 0) is 0 Å². The van der Waals surface area contributed by atoms with Gasteiger partial charge >= 0.3 is 0 Å². The number of thiocarbonyl (C=S) groups is 1. The minimum atomic E-state index is 0.429. The van der Waals surface area contributed by atoms with Gasteiger partial charge in [-0.3, -0.25) is 0 Å². The van der Waals surface area contributed by atoms with E-state index >= 15 is 0 Å². The summed E-state index contributed by atoms with van der Waals surface area (Å²) < 4.78 is 0.952. The van der Waals surface area contributed by atoms with E-state index in [1.165, 1.54) is 0 Å². The van der Waals surface area contributed by atoms with Gasteiger partial charge < -0.3 is 10.6 Å². The molecule has 1 aromatic carbocycles. The highest BCUT2D eigenvalue weighted by Crippen LogP contribution is 2.27. The zero-order valence-electron chi connectivity index (χ0n) is 9.83. The fraction of sp³-hybridized carbons (Fsp3) is 0.417. The van der Waals surface area contributed by atoms with Crippen molar-refractivity contribution in [2.75, 3.05) is 18.5 Å². The molecule has 0 fully saturated rings. The molecule has 2 N–H and O–H groups in total. The first-order valence-corrected chi connectivity index (χ1v) is 6.43. The maximum Gasteiger partial charge on any atom is 0.107 e. The summed E-state index contributed by atoms with van der Waals surface area (Å²) in [4.78, 5) is 2.61. The van der Waals surface area contributed by atoms with E-state index in [4.69, 9.17) is 18.0 Å². The molecular weight excluding hydrogens is 284 g/mol. The van der Waals surface area contributed by atoms with Crippen molar-refractivity contribution in [2.45, 2.75) is 13.8 Å². The van der Waals surface area contributed by atoms with E-state index in [2.05, 4.69) is 41.7 Å². The molecule has 0 aliphatic rings. The lowest BCUT2D eigenvalue weighted by Gasteiger charge is -2.24. The number of rotatable bonds is 4. The molecule has 4 heteroatoms. The summed E-state index contributed by atoms with van der Waals surface area (Å²) in [6.45, 7) is 5.36. The summed E-state index contributed by atoms with van der Waals surface area (Å²) in [6.07, 6.45) is 0. The zero-order valence-corrected chi connectivity index (χ0v) is 12.2. The number of halogens is 1. The molecule has 0 heterocycles. The highest BCUT2D eigenvalue weighted by atomic mass is 79.9. The quantitative estimate of drug-likeness (QED) is 0.866. The summed E-state index contributed by atoms with van der Waals surface area (Å²) in [6, 6.07) is 6.00. The second-order valence-electron chi connectivity index (χ2n) is 4.27. The topological polar surface area (TPSA) is 29.3 Å². The van der Waals surface area contributed by atoms with Crippen molar-refractivity contribution in [1.29, 1.82) is 0 Å². The van der Waals surface area contributed by atoms with Crippen LogP contribution in [-0.4, -0.2) is 18.6 Å². The van der Waals surface area contributed by atoms with Crippen LogP contribution in [0.4, 0.5) is 5.69 Å². The van der Waals surface area contributed by atoms with Crippen LogP contribution in [0.25, 0.3) is 0 Å². The molecule has 0 spiro atoms. The van der Waals surface area contributed by atoms with Gasteiger partial charge in [0.25, 0.3) is 0 Å². The maximum absolute atomic E-state index is 5.76. The molecule has 16 heavy (non-hydrogen) atoms. The Labute approximate surface area is 111 Å². The van der Waals surface area contributed by atoms with Gasteiger partial charge in [-0.2, -0.15) is 0 Å². The van der Waals surface area contributed by atoms with E-state index in [1.807, 2.05) is 18.2 Å². The lowest BCUT2D eigenvalue weighted by molar-refractivity contribution is 0.638. The van der Waals surface area contributed by atoms with E-state index in [9.17, 15) is 0 Å². The Hall–Kier alpha value is -0.610. The second kappa shape index (κ2) is 5.64. The van der Waals surface area contributed by atoms with Crippen molar-refractivity contribution in [2.24, 2.45) is 11.7 Å². The number of hydrogen-bond donors (Lipinski definition) is 1. The van der Waals surface area contributed by atoms with Gasteiger partial charge in [0.2, 0.25) is 0 Å². The Morgan fingerprint density at radius 2 is 2.12 bits per heavy atom. The van der Waals surface area contributed by atoms with Gasteiger partial charge in [0.1, 0.15) is 4.99 Å². The lowest BCUT2D eigenvalue weighted by Crippen LogP contribution is -2.25. The third-order valence-electron chi connectivity index (χ3n) is 2.29. The summed E-state index contributed by atoms with van der Waals surface area (Å²) in [5.41, 5.74) is 7.76. The van der Waals surface area contributed by atoms with Crippen molar-refractivity contribution < 1.29 is 0 Å². The largest absolute Gasteiger partial charge is 0.389 e. The molecule has 0 unspecified atom stereocenters. The average Bonchev–Trinajstić information content (AvgIpc) is 2.15. The number of hydrogen-bond acceptors (Lipinski definition) is 2. The summed E-state index contributed by atoms with van der Waals surface area (Å²) in [5, 5.41) is 0. The average molecular weight is 301 g/mol.